The number of phenols is 1. The molecule has 1 N–H and O–H groups in total. The van der Waals surface area contributed by atoms with Crippen LogP contribution in [0.2, 0.25) is 0 Å². The van der Waals surface area contributed by atoms with Gasteiger partial charge in [0.25, 0.3) is 0 Å². The number of benzene rings is 2. The molecular weight excluding hydrogens is 310 g/mol. The molecule has 0 heterocycles. The van der Waals surface area contributed by atoms with Crippen molar-refractivity contribution in [1.29, 1.82) is 0 Å². The molecule has 4 nitrogen and oxygen atoms in total. The fourth-order valence-electron chi connectivity index (χ4n) is 2.56. The van der Waals surface area contributed by atoms with E-state index in [-0.39, 0.29) is 0 Å². The smallest absolute Gasteiger partial charge is 0.120 e. The second-order valence-corrected chi connectivity index (χ2v) is 7.11. The molecule has 138 valence electrons. The lowest BCUT2D eigenvalue weighted by Gasteiger charge is -2.18. The van der Waals surface area contributed by atoms with Crippen molar-refractivity contribution in [1.82, 2.24) is 14.7 Å². The molecule has 0 spiro atoms. The lowest BCUT2D eigenvalue weighted by Crippen LogP contribution is -2.16. The number of hydrogen-bond acceptors (Lipinski definition) is 4. The lowest BCUT2D eigenvalue weighted by molar-refractivity contribution is 0.368. The van der Waals surface area contributed by atoms with Crippen molar-refractivity contribution in [3.63, 3.8) is 0 Å². The van der Waals surface area contributed by atoms with Crippen LogP contribution in [-0.4, -0.2) is 62.1 Å². The molecule has 0 radical (unpaired) electrons. The van der Waals surface area contributed by atoms with Crippen LogP contribution in [0.3, 0.4) is 0 Å². The van der Waals surface area contributed by atoms with E-state index in [2.05, 4.69) is 59.1 Å². The summed E-state index contributed by atoms with van der Waals surface area (Å²) in [6, 6.07) is 16.2. The molecule has 2 aromatic rings. The predicted molar refractivity (Wildman–Crippen MR) is 107 cm³/mol. The van der Waals surface area contributed by atoms with Crippen LogP contribution >= 0.6 is 0 Å². The van der Waals surface area contributed by atoms with Gasteiger partial charge in [-0.05, 0) is 59.5 Å². The first kappa shape index (κ1) is 21.2. The van der Waals surface area contributed by atoms with Crippen molar-refractivity contribution >= 4 is 0 Å². The molecule has 2 rings (SSSR count). The third-order valence-corrected chi connectivity index (χ3v) is 3.55. The van der Waals surface area contributed by atoms with Gasteiger partial charge in [0, 0.05) is 25.2 Å². The standard InChI is InChI=1S/C12H20N2O.C9H13N/c1-13(2)8-10-6-5-7-12(15)11(10)9-14(3)4;1-10(2)8-9-6-4-3-5-7-9/h5-7,15H,8-9H2,1-4H3;3-7H,8H2,1-2H3. The first-order valence-corrected chi connectivity index (χ1v) is 8.57. The highest BCUT2D eigenvalue weighted by Gasteiger charge is 2.09. The van der Waals surface area contributed by atoms with Gasteiger partial charge in [-0.15, -0.1) is 0 Å². The number of nitrogens with zero attached hydrogens (tertiary/aromatic N) is 3. The molecule has 4 heteroatoms. The van der Waals surface area contributed by atoms with Crippen LogP contribution in [0.15, 0.2) is 48.5 Å². The zero-order valence-corrected chi connectivity index (χ0v) is 16.5. The molecule has 0 aliphatic rings. The van der Waals surface area contributed by atoms with Gasteiger partial charge in [-0.1, -0.05) is 42.5 Å². The van der Waals surface area contributed by atoms with Gasteiger partial charge >= 0.3 is 0 Å². The summed E-state index contributed by atoms with van der Waals surface area (Å²) >= 11 is 0. The number of hydrogen-bond donors (Lipinski definition) is 1. The van der Waals surface area contributed by atoms with Crippen LogP contribution in [0.5, 0.6) is 5.75 Å². The summed E-state index contributed by atoms with van der Waals surface area (Å²) in [5.74, 6) is 0.392. The normalized spacial score (nSPS) is 10.9. The Labute approximate surface area is 153 Å². The Morgan fingerprint density at radius 2 is 1.20 bits per heavy atom. The minimum Gasteiger partial charge on any atom is -0.508 e. The lowest BCUT2D eigenvalue weighted by atomic mass is 10.1. The highest BCUT2D eigenvalue weighted by atomic mass is 16.3. The van der Waals surface area contributed by atoms with Crippen LogP contribution in [0.1, 0.15) is 16.7 Å². The average molecular weight is 344 g/mol. The highest BCUT2D eigenvalue weighted by molar-refractivity contribution is 5.39. The molecule has 0 fully saturated rings. The van der Waals surface area contributed by atoms with Gasteiger partial charge in [0.05, 0.1) is 0 Å². The first-order chi connectivity index (χ1) is 11.8. The Hall–Kier alpha value is -1.88. The minimum absolute atomic E-state index is 0.392. The highest BCUT2D eigenvalue weighted by Crippen LogP contribution is 2.22. The molecule has 2 aromatic carbocycles. The second kappa shape index (κ2) is 10.9. The fourth-order valence-corrected chi connectivity index (χ4v) is 2.56. The van der Waals surface area contributed by atoms with E-state index >= 15 is 0 Å². The zero-order chi connectivity index (χ0) is 18.8. The van der Waals surface area contributed by atoms with Gasteiger partial charge in [-0.25, -0.2) is 0 Å². The molecule has 0 atom stereocenters. The van der Waals surface area contributed by atoms with Crippen molar-refractivity contribution < 1.29 is 5.11 Å². The molecule has 0 saturated heterocycles. The third-order valence-electron chi connectivity index (χ3n) is 3.55. The largest absolute Gasteiger partial charge is 0.508 e. The summed E-state index contributed by atoms with van der Waals surface area (Å²) in [5.41, 5.74) is 3.58. The van der Waals surface area contributed by atoms with Crippen molar-refractivity contribution in [3.8, 4) is 5.75 Å². The van der Waals surface area contributed by atoms with Gasteiger partial charge in [-0.3, -0.25) is 0 Å². The summed E-state index contributed by atoms with van der Waals surface area (Å²) in [4.78, 5) is 6.33. The Morgan fingerprint density at radius 1 is 0.640 bits per heavy atom. The number of phenolic OH excluding ortho intramolecular Hbond substituents is 1. The van der Waals surface area contributed by atoms with Gasteiger partial charge in [0.2, 0.25) is 0 Å². The minimum atomic E-state index is 0.392. The Kier molecular flexibility index (Phi) is 9.21. The van der Waals surface area contributed by atoms with Crippen LogP contribution in [-0.2, 0) is 19.6 Å². The molecule has 0 aromatic heterocycles. The third kappa shape index (κ3) is 8.68. The van der Waals surface area contributed by atoms with Gasteiger partial charge < -0.3 is 19.8 Å². The van der Waals surface area contributed by atoms with E-state index in [0.29, 0.717) is 5.75 Å². The quantitative estimate of drug-likeness (QED) is 0.872. The Bertz CT molecular complexity index is 610. The van der Waals surface area contributed by atoms with Crippen molar-refractivity contribution in [2.24, 2.45) is 0 Å². The van der Waals surface area contributed by atoms with E-state index in [9.17, 15) is 5.11 Å². The summed E-state index contributed by atoms with van der Waals surface area (Å²) in [7, 11) is 12.2. The maximum atomic E-state index is 9.81. The predicted octanol–water partition coefficient (Wildman–Crippen LogP) is 3.26. The van der Waals surface area contributed by atoms with E-state index < -0.39 is 0 Å². The first-order valence-electron chi connectivity index (χ1n) is 8.57. The summed E-state index contributed by atoms with van der Waals surface area (Å²) < 4.78 is 0. The van der Waals surface area contributed by atoms with E-state index in [4.69, 9.17) is 0 Å². The Balaban J connectivity index is 0.000000271. The molecule has 0 bridgehead atoms. The van der Waals surface area contributed by atoms with Gasteiger partial charge in [0.1, 0.15) is 5.75 Å². The van der Waals surface area contributed by atoms with Crippen LogP contribution in [0, 0.1) is 0 Å². The average Bonchev–Trinajstić information content (AvgIpc) is 2.51. The van der Waals surface area contributed by atoms with E-state index in [1.807, 2.05) is 40.3 Å². The van der Waals surface area contributed by atoms with Gasteiger partial charge in [-0.2, -0.15) is 0 Å². The molecule has 0 amide bonds. The van der Waals surface area contributed by atoms with Crippen LogP contribution < -0.4 is 0 Å². The zero-order valence-electron chi connectivity index (χ0n) is 16.5. The second-order valence-electron chi connectivity index (χ2n) is 7.11. The SMILES string of the molecule is CN(C)Cc1cccc(O)c1CN(C)C.CN(C)Cc1ccccc1. The number of aromatic hydroxyl groups is 1. The topological polar surface area (TPSA) is 30.0 Å². The molecule has 0 aliphatic carbocycles. The van der Waals surface area contributed by atoms with Crippen molar-refractivity contribution in [3.05, 3.63) is 65.2 Å². The molecule has 25 heavy (non-hydrogen) atoms. The van der Waals surface area contributed by atoms with E-state index in [1.54, 1.807) is 6.07 Å². The van der Waals surface area contributed by atoms with Crippen LogP contribution in [0.25, 0.3) is 0 Å². The molecular formula is C21H33N3O. The summed E-state index contributed by atoms with van der Waals surface area (Å²) in [5, 5.41) is 9.81. The van der Waals surface area contributed by atoms with Gasteiger partial charge in [0.15, 0.2) is 0 Å². The van der Waals surface area contributed by atoms with Crippen LogP contribution in [0.4, 0.5) is 0 Å². The molecule has 0 saturated carbocycles. The number of rotatable bonds is 6. The molecule has 0 aliphatic heterocycles. The van der Waals surface area contributed by atoms with Crippen molar-refractivity contribution in [2.75, 3.05) is 42.3 Å². The van der Waals surface area contributed by atoms with E-state index in [1.165, 1.54) is 11.1 Å². The Morgan fingerprint density at radius 3 is 1.72 bits per heavy atom. The monoisotopic (exact) mass is 343 g/mol. The maximum absolute atomic E-state index is 9.81. The molecule has 0 unspecified atom stereocenters. The fraction of sp³-hybridized carbons (Fsp3) is 0.429. The van der Waals surface area contributed by atoms with Crippen molar-refractivity contribution in [2.45, 2.75) is 19.6 Å². The summed E-state index contributed by atoms with van der Waals surface area (Å²) in [6.07, 6.45) is 0. The van der Waals surface area contributed by atoms with E-state index in [0.717, 1.165) is 25.2 Å². The maximum Gasteiger partial charge on any atom is 0.120 e. The summed E-state index contributed by atoms with van der Waals surface area (Å²) in [6.45, 7) is 2.66.